The Morgan fingerprint density at radius 3 is 2.56 bits per heavy atom. The van der Waals surface area contributed by atoms with E-state index < -0.39 is 0 Å². The molecule has 7 heteroatoms. The molecule has 0 aliphatic carbocycles. The van der Waals surface area contributed by atoms with E-state index >= 15 is 0 Å². The number of pyridine rings is 1. The number of likely N-dealkylation sites (tertiary alicyclic amines) is 1. The quantitative estimate of drug-likeness (QED) is 0.429. The van der Waals surface area contributed by atoms with Crippen LogP contribution < -0.4 is 9.47 Å². The van der Waals surface area contributed by atoms with E-state index in [2.05, 4.69) is 16.0 Å². The molecule has 6 nitrogen and oxygen atoms in total. The highest BCUT2D eigenvalue weighted by Crippen LogP contribution is 2.29. The Hall–Kier alpha value is -3.45. The standard InChI is InChI=1S/C29H34FN3O3/c1-32(29(34)26-9-4-5-14-31-26)27(18-21-7-6-8-24(17-21)35-2)23-12-15-33(16-13-23)20-22-10-11-25(30)28(19-22)36-3/h4-11,14,17,19,23,27H,12-13,15-16,18,20H2,1-3H3/t27-/m0/s1. The summed E-state index contributed by atoms with van der Waals surface area (Å²) in [7, 11) is 5.04. The number of hydrogen-bond acceptors (Lipinski definition) is 5. The highest BCUT2D eigenvalue weighted by atomic mass is 19.1. The van der Waals surface area contributed by atoms with Crippen LogP contribution in [0.3, 0.4) is 0 Å². The van der Waals surface area contributed by atoms with Crippen LogP contribution in [0.4, 0.5) is 4.39 Å². The third-order valence-corrected chi connectivity index (χ3v) is 7.08. The SMILES string of the molecule is COc1cccc(C[C@@H](C2CCN(Cc3ccc(F)c(OC)c3)CC2)N(C)C(=O)c2ccccn2)c1. The lowest BCUT2D eigenvalue weighted by atomic mass is 9.84. The molecule has 0 unspecified atom stereocenters. The average Bonchev–Trinajstić information content (AvgIpc) is 2.93. The molecule has 1 amide bonds. The van der Waals surface area contributed by atoms with E-state index in [1.165, 1.54) is 13.2 Å². The van der Waals surface area contributed by atoms with Crippen molar-refractivity contribution < 1.29 is 18.7 Å². The highest BCUT2D eigenvalue weighted by molar-refractivity contribution is 5.92. The molecular weight excluding hydrogens is 457 g/mol. The van der Waals surface area contributed by atoms with Gasteiger partial charge in [0.05, 0.1) is 14.2 Å². The maximum absolute atomic E-state index is 13.8. The summed E-state index contributed by atoms with van der Waals surface area (Å²) in [5, 5.41) is 0. The fraction of sp³-hybridized carbons (Fsp3) is 0.379. The van der Waals surface area contributed by atoms with Gasteiger partial charge in [-0.25, -0.2) is 4.39 Å². The molecule has 1 aliphatic heterocycles. The average molecular weight is 492 g/mol. The summed E-state index contributed by atoms with van der Waals surface area (Å²) in [6.45, 7) is 2.56. The van der Waals surface area contributed by atoms with Crippen LogP contribution in [0.5, 0.6) is 11.5 Å². The van der Waals surface area contributed by atoms with Crippen molar-refractivity contribution in [2.45, 2.75) is 31.8 Å². The van der Waals surface area contributed by atoms with Crippen LogP contribution >= 0.6 is 0 Å². The van der Waals surface area contributed by atoms with Crippen molar-refractivity contribution in [3.8, 4) is 11.5 Å². The maximum atomic E-state index is 13.8. The van der Waals surface area contributed by atoms with Crippen molar-refractivity contribution in [2.75, 3.05) is 34.4 Å². The van der Waals surface area contributed by atoms with Gasteiger partial charge in [0.25, 0.3) is 5.91 Å². The number of ether oxygens (including phenoxy) is 2. The highest BCUT2D eigenvalue weighted by Gasteiger charge is 2.32. The second-order valence-electron chi connectivity index (χ2n) is 9.34. The molecule has 1 aromatic heterocycles. The van der Waals surface area contributed by atoms with Gasteiger partial charge >= 0.3 is 0 Å². The van der Waals surface area contributed by atoms with Gasteiger partial charge in [0.2, 0.25) is 0 Å². The van der Waals surface area contributed by atoms with E-state index in [0.29, 0.717) is 11.6 Å². The third-order valence-electron chi connectivity index (χ3n) is 7.08. The summed E-state index contributed by atoms with van der Waals surface area (Å²) < 4.78 is 24.4. The molecule has 0 spiro atoms. The van der Waals surface area contributed by atoms with Crippen LogP contribution in [0.1, 0.15) is 34.5 Å². The first-order valence-electron chi connectivity index (χ1n) is 12.3. The van der Waals surface area contributed by atoms with Gasteiger partial charge in [-0.1, -0.05) is 24.3 Å². The summed E-state index contributed by atoms with van der Waals surface area (Å²) in [4.78, 5) is 21.9. The third kappa shape index (κ3) is 6.21. The van der Waals surface area contributed by atoms with Crippen LogP contribution in [-0.4, -0.2) is 61.1 Å². The van der Waals surface area contributed by atoms with E-state index in [4.69, 9.17) is 9.47 Å². The lowest BCUT2D eigenvalue weighted by molar-refractivity contribution is 0.0579. The molecule has 0 bridgehead atoms. The van der Waals surface area contributed by atoms with Gasteiger partial charge in [0, 0.05) is 25.8 Å². The molecular formula is C29H34FN3O3. The zero-order chi connectivity index (χ0) is 25.5. The molecule has 190 valence electrons. The van der Waals surface area contributed by atoms with E-state index in [0.717, 1.165) is 55.8 Å². The normalized spacial score (nSPS) is 15.3. The fourth-order valence-corrected chi connectivity index (χ4v) is 5.04. The van der Waals surface area contributed by atoms with Gasteiger partial charge in [-0.2, -0.15) is 0 Å². The van der Waals surface area contributed by atoms with Crippen LogP contribution in [-0.2, 0) is 13.0 Å². The van der Waals surface area contributed by atoms with Gasteiger partial charge in [0.1, 0.15) is 11.4 Å². The molecule has 0 N–H and O–H groups in total. The second-order valence-corrected chi connectivity index (χ2v) is 9.34. The predicted molar refractivity (Wildman–Crippen MR) is 138 cm³/mol. The van der Waals surface area contributed by atoms with Gasteiger partial charge in [0.15, 0.2) is 11.6 Å². The number of rotatable bonds is 9. The van der Waals surface area contributed by atoms with Crippen LogP contribution in [0, 0.1) is 11.7 Å². The molecule has 2 heterocycles. The Balaban J connectivity index is 1.48. The van der Waals surface area contributed by atoms with E-state index in [1.54, 1.807) is 25.4 Å². The lowest BCUT2D eigenvalue weighted by Gasteiger charge is -2.40. The molecule has 1 fully saturated rings. The zero-order valence-electron chi connectivity index (χ0n) is 21.2. The van der Waals surface area contributed by atoms with Gasteiger partial charge in [-0.15, -0.1) is 0 Å². The topological polar surface area (TPSA) is 54.9 Å². The Bertz CT molecular complexity index is 1150. The number of carbonyl (C=O) groups excluding carboxylic acids is 1. The Morgan fingerprint density at radius 2 is 1.86 bits per heavy atom. The molecule has 4 rings (SSSR count). The van der Waals surface area contributed by atoms with Crippen molar-refractivity contribution in [3.05, 3.63) is 89.5 Å². The van der Waals surface area contributed by atoms with Crippen LogP contribution in [0.15, 0.2) is 66.9 Å². The predicted octanol–water partition coefficient (Wildman–Crippen LogP) is 4.83. The monoisotopic (exact) mass is 491 g/mol. The molecule has 36 heavy (non-hydrogen) atoms. The van der Waals surface area contributed by atoms with Crippen LogP contribution in [0.2, 0.25) is 0 Å². The van der Waals surface area contributed by atoms with Crippen molar-refractivity contribution >= 4 is 5.91 Å². The van der Waals surface area contributed by atoms with E-state index in [9.17, 15) is 9.18 Å². The smallest absolute Gasteiger partial charge is 0.272 e. The summed E-state index contributed by atoms with van der Waals surface area (Å²) in [6.07, 6.45) is 4.33. The molecule has 0 radical (unpaired) electrons. The second kappa shape index (κ2) is 12.0. The summed E-state index contributed by atoms with van der Waals surface area (Å²) in [6, 6.07) is 18.6. The van der Waals surface area contributed by atoms with Gasteiger partial charge in [-0.05, 0) is 85.8 Å². The summed E-state index contributed by atoms with van der Waals surface area (Å²) in [5.41, 5.74) is 2.63. The van der Waals surface area contributed by atoms with Crippen molar-refractivity contribution in [1.29, 1.82) is 0 Å². The maximum Gasteiger partial charge on any atom is 0.272 e. The number of hydrogen-bond donors (Lipinski definition) is 0. The number of methoxy groups -OCH3 is 2. The molecule has 1 saturated heterocycles. The number of carbonyl (C=O) groups is 1. The zero-order valence-corrected chi connectivity index (χ0v) is 21.2. The van der Waals surface area contributed by atoms with Crippen molar-refractivity contribution in [2.24, 2.45) is 5.92 Å². The Morgan fingerprint density at radius 1 is 1.06 bits per heavy atom. The first-order chi connectivity index (χ1) is 17.5. The van der Waals surface area contributed by atoms with Crippen molar-refractivity contribution in [3.63, 3.8) is 0 Å². The van der Waals surface area contributed by atoms with Crippen molar-refractivity contribution in [1.82, 2.24) is 14.8 Å². The molecule has 3 aromatic rings. The fourth-order valence-electron chi connectivity index (χ4n) is 5.04. The lowest BCUT2D eigenvalue weighted by Crippen LogP contribution is -2.47. The first-order valence-corrected chi connectivity index (χ1v) is 12.3. The number of piperidine rings is 1. The van der Waals surface area contributed by atoms with Crippen LogP contribution in [0.25, 0.3) is 0 Å². The van der Waals surface area contributed by atoms with Gasteiger partial charge < -0.3 is 14.4 Å². The number of likely N-dealkylation sites (N-methyl/N-ethyl adjacent to an activating group) is 1. The molecule has 0 saturated carbocycles. The number of aromatic nitrogens is 1. The largest absolute Gasteiger partial charge is 0.497 e. The van der Waals surface area contributed by atoms with E-state index in [1.807, 2.05) is 48.3 Å². The number of amides is 1. The first kappa shape index (κ1) is 25.6. The number of nitrogens with zero attached hydrogens (tertiary/aromatic N) is 3. The number of halogens is 1. The molecule has 2 aromatic carbocycles. The molecule has 1 aliphatic rings. The minimum absolute atomic E-state index is 0.0275. The number of benzene rings is 2. The van der Waals surface area contributed by atoms with E-state index in [-0.39, 0.29) is 23.5 Å². The summed E-state index contributed by atoms with van der Waals surface area (Å²) >= 11 is 0. The minimum Gasteiger partial charge on any atom is -0.497 e. The summed E-state index contributed by atoms with van der Waals surface area (Å²) in [5.74, 6) is 1.02. The minimum atomic E-state index is -0.346. The van der Waals surface area contributed by atoms with Gasteiger partial charge in [-0.3, -0.25) is 14.7 Å². The Labute approximate surface area is 212 Å². The molecule has 1 atom stereocenters. The Kier molecular flexibility index (Phi) is 8.54.